The Hall–Kier alpha value is -1.26. The maximum absolute atomic E-state index is 12.0. The van der Waals surface area contributed by atoms with Gasteiger partial charge in [0.15, 0.2) is 0 Å². The van der Waals surface area contributed by atoms with Crippen LogP contribution in [0.4, 0.5) is 11.4 Å². The molecular formula is C17H25ClN2O2. The summed E-state index contributed by atoms with van der Waals surface area (Å²) in [7, 11) is 0. The third-order valence-corrected chi connectivity index (χ3v) is 4.00. The smallest absolute Gasteiger partial charge is 0.225 e. The number of benzene rings is 1. The average Bonchev–Trinajstić information content (AvgIpc) is 2.47. The third-order valence-electron chi connectivity index (χ3n) is 3.81. The first-order valence-electron chi connectivity index (χ1n) is 7.75. The van der Waals surface area contributed by atoms with Gasteiger partial charge in [-0.2, -0.15) is 0 Å². The number of rotatable bonds is 4. The van der Waals surface area contributed by atoms with Crippen LogP contribution < -0.4 is 10.2 Å². The molecule has 122 valence electrons. The van der Waals surface area contributed by atoms with E-state index in [1.807, 2.05) is 0 Å². The number of carbonyl (C=O) groups is 1. The van der Waals surface area contributed by atoms with Gasteiger partial charge in [0, 0.05) is 25.4 Å². The van der Waals surface area contributed by atoms with Gasteiger partial charge in [-0.3, -0.25) is 4.79 Å². The van der Waals surface area contributed by atoms with E-state index in [9.17, 15) is 4.79 Å². The van der Waals surface area contributed by atoms with Gasteiger partial charge in [0.1, 0.15) is 0 Å². The van der Waals surface area contributed by atoms with Crippen molar-refractivity contribution in [2.24, 2.45) is 0 Å². The zero-order valence-corrected chi connectivity index (χ0v) is 14.4. The number of nitrogens with one attached hydrogen (secondary N) is 1. The molecule has 1 aromatic rings. The summed E-state index contributed by atoms with van der Waals surface area (Å²) in [5, 5.41) is 3.02. The number of hydrogen-bond donors (Lipinski definition) is 1. The molecule has 1 aliphatic heterocycles. The van der Waals surface area contributed by atoms with Crippen molar-refractivity contribution in [2.75, 3.05) is 42.4 Å². The van der Waals surface area contributed by atoms with Crippen molar-refractivity contribution in [2.45, 2.75) is 32.6 Å². The Morgan fingerprint density at radius 2 is 2.00 bits per heavy atom. The SMILES string of the molecule is CC(C)(C)c1ccc(N2CCOCC2)c(NC(=O)CCCl)c1. The molecule has 0 saturated carbocycles. The summed E-state index contributed by atoms with van der Waals surface area (Å²) in [5.41, 5.74) is 3.16. The zero-order valence-electron chi connectivity index (χ0n) is 13.6. The molecule has 0 spiro atoms. The number of alkyl halides is 1. The Bertz CT molecular complexity index is 520. The fraction of sp³-hybridized carbons (Fsp3) is 0.588. The lowest BCUT2D eigenvalue weighted by atomic mass is 9.86. The highest BCUT2D eigenvalue weighted by atomic mass is 35.5. The molecular weight excluding hydrogens is 300 g/mol. The van der Waals surface area contributed by atoms with E-state index in [0.717, 1.165) is 37.7 Å². The van der Waals surface area contributed by atoms with Crippen molar-refractivity contribution >= 4 is 28.9 Å². The van der Waals surface area contributed by atoms with Gasteiger partial charge in [-0.25, -0.2) is 0 Å². The Morgan fingerprint density at radius 3 is 2.59 bits per heavy atom. The molecule has 2 rings (SSSR count). The Morgan fingerprint density at radius 1 is 1.32 bits per heavy atom. The molecule has 1 saturated heterocycles. The fourth-order valence-electron chi connectivity index (χ4n) is 2.48. The second-order valence-electron chi connectivity index (χ2n) is 6.57. The number of morpholine rings is 1. The van der Waals surface area contributed by atoms with Gasteiger partial charge < -0.3 is 15.0 Å². The lowest BCUT2D eigenvalue weighted by molar-refractivity contribution is -0.115. The normalized spacial score (nSPS) is 15.7. The summed E-state index contributed by atoms with van der Waals surface area (Å²) in [5.74, 6) is 0.285. The van der Waals surface area contributed by atoms with Crippen LogP contribution in [0.25, 0.3) is 0 Å². The molecule has 1 fully saturated rings. The number of carbonyl (C=O) groups excluding carboxylic acids is 1. The van der Waals surface area contributed by atoms with Crippen molar-refractivity contribution in [1.82, 2.24) is 0 Å². The Balaban J connectivity index is 2.32. The predicted molar refractivity (Wildman–Crippen MR) is 92.1 cm³/mol. The number of ether oxygens (including phenoxy) is 1. The monoisotopic (exact) mass is 324 g/mol. The van der Waals surface area contributed by atoms with Crippen molar-refractivity contribution in [3.8, 4) is 0 Å². The van der Waals surface area contributed by atoms with Crippen LogP contribution in [0.3, 0.4) is 0 Å². The van der Waals surface area contributed by atoms with Gasteiger partial charge in [-0.15, -0.1) is 11.6 Å². The highest BCUT2D eigenvalue weighted by Crippen LogP contribution is 2.32. The maximum Gasteiger partial charge on any atom is 0.225 e. The first kappa shape index (κ1) is 17.1. The largest absolute Gasteiger partial charge is 0.378 e. The minimum atomic E-state index is -0.0458. The second kappa shape index (κ2) is 7.34. The molecule has 1 heterocycles. The lowest BCUT2D eigenvalue weighted by Gasteiger charge is -2.31. The van der Waals surface area contributed by atoms with Crippen LogP contribution in [-0.2, 0) is 14.9 Å². The van der Waals surface area contributed by atoms with Crippen LogP contribution in [0.2, 0.25) is 0 Å². The summed E-state index contributed by atoms with van der Waals surface area (Å²) in [6.07, 6.45) is 0.323. The third kappa shape index (κ3) is 4.37. The molecule has 0 bridgehead atoms. The lowest BCUT2D eigenvalue weighted by Crippen LogP contribution is -2.37. The van der Waals surface area contributed by atoms with Gasteiger partial charge in [-0.05, 0) is 23.1 Å². The van der Waals surface area contributed by atoms with E-state index < -0.39 is 0 Å². The van der Waals surface area contributed by atoms with E-state index in [0.29, 0.717) is 12.3 Å². The van der Waals surface area contributed by atoms with Gasteiger partial charge in [-0.1, -0.05) is 26.8 Å². The minimum Gasteiger partial charge on any atom is -0.378 e. The summed E-state index contributed by atoms with van der Waals surface area (Å²) in [6.45, 7) is 9.62. The van der Waals surface area contributed by atoms with Crippen LogP contribution in [0, 0.1) is 0 Å². The fourth-order valence-corrected chi connectivity index (χ4v) is 2.65. The maximum atomic E-state index is 12.0. The van der Waals surface area contributed by atoms with Crippen LogP contribution in [0.1, 0.15) is 32.8 Å². The molecule has 0 atom stereocenters. The van der Waals surface area contributed by atoms with Crippen LogP contribution in [0.15, 0.2) is 18.2 Å². The molecule has 1 N–H and O–H groups in total. The van der Waals surface area contributed by atoms with E-state index in [2.05, 4.69) is 49.2 Å². The molecule has 4 nitrogen and oxygen atoms in total. The first-order valence-corrected chi connectivity index (χ1v) is 8.28. The highest BCUT2D eigenvalue weighted by molar-refractivity contribution is 6.19. The van der Waals surface area contributed by atoms with Gasteiger partial charge in [0.05, 0.1) is 24.6 Å². The topological polar surface area (TPSA) is 41.6 Å². The second-order valence-corrected chi connectivity index (χ2v) is 6.95. The average molecular weight is 325 g/mol. The molecule has 1 amide bonds. The Labute approximate surface area is 137 Å². The van der Waals surface area contributed by atoms with E-state index in [1.165, 1.54) is 5.56 Å². The number of nitrogens with zero attached hydrogens (tertiary/aromatic N) is 1. The van der Waals surface area contributed by atoms with Crippen LogP contribution in [0.5, 0.6) is 0 Å². The first-order chi connectivity index (χ1) is 10.4. The Kier molecular flexibility index (Phi) is 5.70. The van der Waals surface area contributed by atoms with Crippen molar-refractivity contribution in [3.05, 3.63) is 23.8 Å². The molecule has 5 heteroatoms. The van der Waals surface area contributed by atoms with E-state index in [-0.39, 0.29) is 11.3 Å². The van der Waals surface area contributed by atoms with Crippen molar-refractivity contribution in [1.29, 1.82) is 0 Å². The summed E-state index contributed by atoms with van der Waals surface area (Å²) >= 11 is 5.67. The van der Waals surface area contributed by atoms with Crippen LogP contribution >= 0.6 is 11.6 Å². The number of hydrogen-bond acceptors (Lipinski definition) is 3. The summed E-state index contributed by atoms with van der Waals surface area (Å²) < 4.78 is 5.41. The van der Waals surface area contributed by atoms with Crippen molar-refractivity contribution in [3.63, 3.8) is 0 Å². The van der Waals surface area contributed by atoms with Gasteiger partial charge >= 0.3 is 0 Å². The van der Waals surface area contributed by atoms with E-state index in [1.54, 1.807) is 0 Å². The highest BCUT2D eigenvalue weighted by Gasteiger charge is 2.20. The molecule has 0 aromatic heterocycles. The zero-order chi connectivity index (χ0) is 16.2. The number of amides is 1. The summed E-state index contributed by atoms with van der Waals surface area (Å²) in [6, 6.07) is 6.32. The quantitative estimate of drug-likeness (QED) is 0.863. The van der Waals surface area contributed by atoms with E-state index >= 15 is 0 Å². The standard InChI is InChI=1S/C17H25ClN2O2/c1-17(2,3)13-4-5-15(20-8-10-22-11-9-20)14(12-13)19-16(21)6-7-18/h4-5,12H,6-11H2,1-3H3,(H,19,21). The minimum absolute atomic E-state index is 0.0372. The van der Waals surface area contributed by atoms with E-state index in [4.69, 9.17) is 16.3 Å². The molecule has 22 heavy (non-hydrogen) atoms. The molecule has 0 unspecified atom stereocenters. The van der Waals surface area contributed by atoms with Gasteiger partial charge in [0.25, 0.3) is 0 Å². The molecule has 1 aliphatic rings. The summed E-state index contributed by atoms with van der Waals surface area (Å²) in [4.78, 5) is 14.2. The van der Waals surface area contributed by atoms with Crippen LogP contribution in [-0.4, -0.2) is 38.1 Å². The molecule has 0 aliphatic carbocycles. The van der Waals surface area contributed by atoms with Crippen molar-refractivity contribution < 1.29 is 9.53 Å². The number of halogens is 1. The predicted octanol–water partition coefficient (Wildman–Crippen LogP) is 3.39. The van der Waals surface area contributed by atoms with Gasteiger partial charge in [0.2, 0.25) is 5.91 Å². The molecule has 0 radical (unpaired) electrons. The number of anilines is 2. The molecule has 1 aromatic carbocycles.